The van der Waals surface area contributed by atoms with Gasteiger partial charge in [0.1, 0.15) is 10.8 Å². The minimum Gasteiger partial charge on any atom is -0.348 e. The number of carbonyl (C=O) groups is 1. The average molecular weight is 271 g/mol. The second-order valence-corrected chi connectivity index (χ2v) is 4.71. The first-order valence-electron chi connectivity index (χ1n) is 5.44. The van der Waals surface area contributed by atoms with Crippen LogP contribution in [0.15, 0.2) is 24.3 Å². The Kier molecular flexibility index (Phi) is 4.02. The topological polar surface area (TPSA) is 42.0 Å². The van der Waals surface area contributed by atoms with Crippen molar-refractivity contribution in [3.63, 3.8) is 0 Å². The van der Waals surface area contributed by atoms with Crippen LogP contribution in [0.2, 0.25) is 10.2 Å². The van der Waals surface area contributed by atoms with Gasteiger partial charge in [0, 0.05) is 6.04 Å². The van der Waals surface area contributed by atoms with Gasteiger partial charge in [-0.3, -0.25) is 4.79 Å². The molecule has 1 aromatic heterocycles. The van der Waals surface area contributed by atoms with Gasteiger partial charge in [-0.2, -0.15) is 0 Å². The summed E-state index contributed by atoms with van der Waals surface area (Å²) in [5, 5.41) is 3.49. The van der Waals surface area contributed by atoms with Crippen LogP contribution in [0.4, 0.5) is 0 Å². The zero-order chi connectivity index (χ0) is 12.3. The van der Waals surface area contributed by atoms with E-state index < -0.39 is 0 Å². The summed E-state index contributed by atoms with van der Waals surface area (Å²) in [5.74, 6) is -0.266. The van der Waals surface area contributed by atoms with Gasteiger partial charge < -0.3 is 5.32 Å². The van der Waals surface area contributed by atoms with E-state index in [4.69, 9.17) is 23.2 Å². The van der Waals surface area contributed by atoms with E-state index in [-0.39, 0.29) is 22.8 Å². The lowest BCUT2D eigenvalue weighted by atomic mass is 10.0. The van der Waals surface area contributed by atoms with Crippen LogP contribution < -0.4 is 5.32 Å². The summed E-state index contributed by atoms with van der Waals surface area (Å²) in [5.41, 5.74) is 0.189. The van der Waals surface area contributed by atoms with E-state index in [0.29, 0.717) is 5.02 Å². The number of pyridine rings is 1. The fraction of sp³-hybridized carbons (Fsp3) is 0.333. The summed E-state index contributed by atoms with van der Waals surface area (Å²) in [7, 11) is 0. The van der Waals surface area contributed by atoms with Crippen LogP contribution >= 0.6 is 23.2 Å². The van der Waals surface area contributed by atoms with Crippen LogP contribution in [-0.2, 0) is 0 Å². The highest BCUT2D eigenvalue weighted by Crippen LogP contribution is 2.18. The molecule has 0 aromatic carbocycles. The molecule has 17 heavy (non-hydrogen) atoms. The van der Waals surface area contributed by atoms with E-state index in [2.05, 4.69) is 22.5 Å². The van der Waals surface area contributed by atoms with Crippen molar-refractivity contribution in [3.05, 3.63) is 40.2 Å². The van der Waals surface area contributed by atoms with Crippen LogP contribution in [0.3, 0.4) is 0 Å². The van der Waals surface area contributed by atoms with Crippen molar-refractivity contribution in [1.82, 2.24) is 10.3 Å². The number of rotatable bonds is 2. The molecule has 1 aliphatic carbocycles. The highest BCUT2D eigenvalue weighted by molar-refractivity contribution is 6.34. The molecule has 0 saturated heterocycles. The minimum absolute atomic E-state index is 0.157. The predicted molar refractivity (Wildman–Crippen MR) is 68.5 cm³/mol. The van der Waals surface area contributed by atoms with E-state index in [1.54, 1.807) is 12.1 Å². The summed E-state index contributed by atoms with van der Waals surface area (Å²) in [6.45, 7) is 0. The number of hydrogen-bond donors (Lipinski definition) is 1. The van der Waals surface area contributed by atoms with Gasteiger partial charge in [0.2, 0.25) is 0 Å². The van der Waals surface area contributed by atoms with Crippen molar-refractivity contribution >= 4 is 29.1 Å². The Morgan fingerprint density at radius 3 is 2.88 bits per heavy atom. The number of nitrogens with one attached hydrogen (secondary N) is 1. The normalized spacial score (nSPS) is 19.1. The lowest BCUT2D eigenvalue weighted by Crippen LogP contribution is -2.35. The molecule has 1 N–H and O–H groups in total. The molecule has 90 valence electrons. The monoisotopic (exact) mass is 270 g/mol. The number of aromatic nitrogens is 1. The highest BCUT2D eigenvalue weighted by Gasteiger charge is 2.17. The second-order valence-electron chi connectivity index (χ2n) is 3.92. The molecule has 0 saturated carbocycles. The fourth-order valence-corrected chi connectivity index (χ4v) is 2.09. The first-order chi connectivity index (χ1) is 8.16. The van der Waals surface area contributed by atoms with Crippen molar-refractivity contribution in [2.24, 2.45) is 0 Å². The van der Waals surface area contributed by atoms with Crippen LogP contribution in [0, 0.1) is 0 Å². The van der Waals surface area contributed by atoms with E-state index in [1.807, 2.05) is 0 Å². The van der Waals surface area contributed by atoms with Gasteiger partial charge in [-0.05, 0) is 31.4 Å². The number of nitrogens with zero attached hydrogens (tertiary/aromatic N) is 1. The van der Waals surface area contributed by atoms with Crippen LogP contribution in [0.1, 0.15) is 29.8 Å². The number of allylic oxidation sites excluding steroid dienone is 1. The van der Waals surface area contributed by atoms with Gasteiger partial charge in [-0.25, -0.2) is 4.98 Å². The number of hydrogen-bond acceptors (Lipinski definition) is 2. The van der Waals surface area contributed by atoms with E-state index >= 15 is 0 Å². The van der Waals surface area contributed by atoms with Gasteiger partial charge >= 0.3 is 0 Å². The Bertz CT molecular complexity index is 460. The van der Waals surface area contributed by atoms with Gasteiger partial charge in [-0.1, -0.05) is 35.4 Å². The van der Waals surface area contributed by atoms with Crippen molar-refractivity contribution < 1.29 is 4.79 Å². The van der Waals surface area contributed by atoms with Crippen LogP contribution in [-0.4, -0.2) is 16.9 Å². The molecule has 1 aromatic rings. The van der Waals surface area contributed by atoms with Crippen molar-refractivity contribution in [2.45, 2.75) is 25.3 Å². The molecule has 0 fully saturated rings. The van der Waals surface area contributed by atoms with E-state index in [9.17, 15) is 4.79 Å². The first-order valence-corrected chi connectivity index (χ1v) is 6.20. The molecule has 1 heterocycles. The third-order valence-corrected chi connectivity index (χ3v) is 3.15. The molecule has 0 radical (unpaired) electrons. The summed E-state index contributed by atoms with van der Waals surface area (Å²) in [4.78, 5) is 15.9. The average Bonchev–Trinajstić information content (AvgIpc) is 2.33. The first kappa shape index (κ1) is 12.4. The van der Waals surface area contributed by atoms with Gasteiger partial charge in [0.15, 0.2) is 0 Å². The Hall–Kier alpha value is -1.06. The Labute approximate surface area is 110 Å². The molecule has 2 rings (SSSR count). The van der Waals surface area contributed by atoms with E-state index in [1.165, 1.54) is 0 Å². The zero-order valence-electron chi connectivity index (χ0n) is 9.12. The van der Waals surface area contributed by atoms with Crippen LogP contribution in [0.25, 0.3) is 0 Å². The molecule has 0 spiro atoms. The quantitative estimate of drug-likeness (QED) is 0.662. The molecule has 0 bridgehead atoms. The molecular formula is C12H12Cl2N2O. The summed E-state index contributed by atoms with van der Waals surface area (Å²) in [6.07, 6.45) is 6.97. The van der Waals surface area contributed by atoms with Crippen LogP contribution in [0.5, 0.6) is 0 Å². The molecule has 1 amide bonds. The van der Waals surface area contributed by atoms with Crippen molar-refractivity contribution in [1.29, 1.82) is 0 Å². The maximum atomic E-state index is 11.9. The number of carbonyl (C=O) groups excluding carboxylic acids is 1. The van der Waals surface area contributed by atoms with E-state index in [0.717, 1.165) is 19.3 Å². The molecule has 3 nitrogen and oxygen atoms in total. The molecule has 1 unspecified atom stereocenters. The minimum atomic E-state index is -0.266. The lowest BCUT2D eigenvalue weighted by molar-refractivity contribution is 0.0930. The Morgan fingerprint density at radius 2 is 2.18 bits per heavy atom. The highest BCUT2D eigenvalue weighted by atomic mass is 35.5. The molecule has 0 aliphatic heterocycles. The number of halogens is 2. The maximum absolute atomic E-state index is 11.9. The van der Waals surface area contributed by atoms with Gasteiger partial charge in [0.05, 0.1) is 5.02 Å². The largest absolute Gasteiger partial charge is 0.348 e. The smallest absolute Gasteiger partial charge is 0.271 e. The second kappa shape index (κ2) is 5.52. The Morgan fingerprint density at radius 1 is 1.35 bits per heavy atom. The third kappa shape index (κ3) is 3.20. The Balaban J connectivity index is 2.08. The lowest BCUT2D eigenvalue weighted by Gasteiger charge is -2.19. The van der Waals surface area contributed by atoms with Gasteiger partial charge in [-0.15, -0.1) is 0 Å². The molecule has 1 aliphatic rings. The van der Waals surface area contributed by atoms with Crippen molar-refractivity contribution in [3.8, 4) is 0 Å². The zero-order valence-corrected chi connectivity index (χ0v) is 10.6. The summed E-state index contributed by atoms with van der Waals surface area (Å²) < 4.78 is 0. The maximum Gasteiger partial charge on any atom is 0.271 e. The van der Waals surface area contributed by atoms with Crippen molar-refractivity contribution in [2.75, 3.05) is 0 Å². The molecular weight excluding hydrogens is 259 g/mol. The fourth-order valence-electron chi connectivity index (χ4n) is 1.76. The van der Waals surface area contributed by atoms with Gasteiger partial charge in [0.25, 0.3) is 5.91 Å². The molecule has 5 heteroatoms. The molecule has 1 atom stereocenters. The summed E-state index contributed by atoms with van der Waals surface area (Å²) in [6, 6.07) is 3.29. The SMILES string of the molecule is O=C(NC1CC=CCC1)c1nc(Cl)ccc1Cl. The standard InChI is InChI=1S/C12H12Cl2N2O/c13-9-6-7-10(14)16-11(9)12(17)15-8-4-2-1-3-5-8/h1-2,6-8H,3-5H2,(H,15,17). The number of amides is 1. The summed E-state index contributed by atoms with van der Waals surface area (Å²) >= 11 is 11.7. The predicted octanol–water partition coefficient (Wildman–Crippen LogP) is 3.23. The third-order valence-electron chi connectivity index (χ3n) is 2.63.